The van der Waals surface area contributed by atoms with Crippen LogP contribution < -0.4 is 0 Å². The van der Waals surface area contributed by atoms with E-state index in [1.165, 1.54) is 6.42 Å². The van der Waals surface area contributed by atoms with Gasteiger partial charge >= 0.3 is 0 Å². The van der Waals surface area contributed by atoms with Crippen LogP contribution in [-0.2, 0) is 9.84 Å². The summed E-state index contributed by atoms with van der Waals surface area (Å²) in [4.78, 5) is 4.16. The van der Waals surface area contributed by atoms with Crippen LogP contribution in [0.1, 0.15) is 50.0 Å². The Labute approximate surface area is 103 Å². The van der Waals surface area contributed by atoms with E-state index in [9.17, 15) is 8.42 Å². The molecule has 0 aliphatic heterocycles. The summed E-state index contributed by atoms with van der Waals surface area (Å²) in [6.45, 7) is 1.76. The fraction of sp³-hybridized carbons (Fsp3) is 0.615. The molecule has 0 saturated heterocycles. The number of rotatable bonds is 3. The summed E-state index contributed by atoms with van der Waals surface area (Å²) in [5.74, 6) is 0. The maximum absolute atomic E-state index is 12.4. The average Bonchev–Trinajstić information content (AvgIpc) is 2.40. The van der Waals surface area contributed by atoms with Crippen LogP contribution in [0.4, 0.5) is 0 Å². The zero-order valence-corrected chi connectivity index (χ0v) is 11.0. The third kappa shape index (κ3) is 2.68. The Hall–Kier alpha value is -0.900. The van der Waals surface area contributed by atoms with Gasteiger partial charge < -0.3 is 0 Å². The number of sulfone groups is 1. The van der Waals surface area contributed by atoms with E-state index < -0.39 is 15.1 Å². The molecule has 1 aromatic heterocycles. The first-order chi connectivity index (χ1) is 8.12. The summed E-state index contributed by atoms with van der Waals surface area (Å²) in [7, 11) is -3.08. The maximum Gasteiger partial charge on any atom is 0.161 e. The van der Waals surface area contributed by atoms with E-state index in [2.05, 4.69) is 4.98 Å². The van der Waals surface area contributed by atoms with E-state index in [0.29, 0.717) is 5.69 Å². The first kappa shape index (κ1) is 12.6. The quantitative estimate of drug-likeness (QED) is 0.832. The minimum atomic E-state index is -3.08. The first-order valence-corrected chi connectivity index (χ1v) is 7.87. The van der Waals surface area contributed by atoms with Crippen molar-refractivity contribution in [3.05, 3.63) is 30.1 Å². The second-order valence-corrected chi connectivity index (χ2v) is 7.30. The smallest absolute Gasteiger partial charge is 0.161 e. The highest BCUT2D eigenvalue weighted by Crippen LogP contribution is 2.31. The van der Waals surface area contributed by atoms with Crippen LogP contribution >= 0.6 is 0 Å². The number of hydrogen-bond acceptors (Lipinski definition) is 3. The van der Waals surface area contributed by atoms with Gasteiger partial charge in [0.25, 0.3) is 0 Å². The van der Waals surface area contributed by atoms with Gasteiger partial charge in [-0.15, -0.1) is 0 Å². The van der Waals surface area contributed by atoms with Crippen molar-refractivity contribution in [2.24, 2.45) is 0 Å². The van der Waals surface area contributed by atoms with E-state index >= 15 is 0 Å². The molecule has 17 heavy (non-hydrogen) atoms. The lowest BCUT2D eigenvalue weighted by molar-refractivity contribution is 0.479. The summed E-state index contributed by atoms with van der Waals surface area (Å²) in [6, 6.07) is 5.45. The van der Waals surface area contributed by atoms with Crippen molar-refractivity contribution in [1.29, 1.82) is 0 Å². The first-order valence-electron chi connectivity index (χ1n) is 6.26. The second-order valence-electron chi connectivity index (χ2n) is 4.75. The van der Waals surface area contributed by atoms with Crippen molar-refractivity contribution in [3.8, 4) is 0 Å². The molecule has 1 atom stereocenters. The van der Waals surface area contributed by atoms with Gasteiger partial charge in [-0.3, -0.25) is 4.98 Å². The predicted octanol–water partition coefficient (Wildman–Crippen LogP) is 2.89. The van der Waals surface area contributed by atoms with Crippen molar-refractivity contribution in [1.82, 2.24) is 4.98 Å². The van der Waals surface area contributed by atoms with Crippen LogP contribution in [0.25, 0.3) is 0 Å². The second kappa shape index (κ2) is 5.17. The van der Waals surface area contributed by atoms with Gasteiger partial charge in [-0.05, 0) is 31.9 Å². The Morgan fingerprint density at radius 2 is 1.94 bits per heavy atom. The molecule has 1 aliphatic carbocycles. The minimum Gasteiger partial charge on any atom is -0.260 e. The lowest BCUT2D eigenvalue weighted by Gasteiger charge is -2.24. The number of aromatic nitrogens is 1. The third-order valence-electron chi connectivity index (χ3n) is 3.61. The van der Waals surface area contributed by atoms with Crippen LogP contribution in [0, 0.1) is 0 Å². The summed E-state index contributed by atoms with van der Waals surface area (Å²) in [5, 5.41) is -0.639. The molecule has 0 N–H and O–H groups in total. The maximum atomic E-state index is 12.4. The SMILES string of the molecule is C[C@@H](c1ccccn1)S(=O)(=O)C1CCCCC1. The molecule has 1 fully saturated rings. The van der Waals surface area contributed by atoms with Gasteiger partial charge in [0.1, 0.15) is 5.25 Å². The third-order valence-corrected chi connectivity index (χ3v) is 6.24. The summed E-state index contributed by atoms with van der Waals surface area (Å²) < 4.78 is 24.9. The highest BCUT2D eigenvalue weighted by atomic mass is 32.2. The molecule has 0 amide bonds. The predicted molar refractivity (Wildman–Crippen MR) is 68.4 cm³/mol. The number of pyridine rings is 1. The van der Waals surface area contributed by atoms with E-state index in [0.717, 1.165) is 25.7 Å². The Balaban J connectivity index is 2.20. The van der Waals surface area contributed by atoms with Gasteiger partial charge in [0, 0.05) is 6.20 Å². The van der Waals surface area contributed by atoms with Gasteiger partial charge in [0.15, 0.2) is 9.84 Å². The molecule has 4 heteroatoms. The summed E-state index contributed by atoms with van der Waals surface area (Å²) >= 11 is 0. The van der Waals surface area contributed by atoms with Crippen molar-refractivity contribution in [3.63, 3.8) is 0 Å². The van der Waals surface area contributed by atoms with Crippen LogP contribution in [0.3, 0.4) is 0 Å². The average molecular weight is 253 g/mol. The van der Waals surface area contributed by atoms with E-state index in [1.807, 2.05) is 12.1 Å². The van der Waals surface area contributed by atoms with Crippen molar-refractivity contribution >= 4 is 9.84 Å². The highest BCUT2D eigenvalue weighted by molar-refractivity contribution is 7.92. The van der Waals surface area contributed by atoms with Crippen molar-refractivity contribution in [2.75, 3.05) is 0 Å². The Morgan fingerprint density at radius 1 is 1.24 bits per heavy atom. The van der Waals surface area contributed by atoms with Crippen LogP contribution in [0.2, 0.25) is 0 Å². The van der Waals surface area contributed by atoms with Gasteiger partial charge in [-0.1, -0.05) is 25.3 Å². The molecule has 1 saturated carbocycles. The van der Waals surface area contributed by atoms with Crippen molar-refractivity contribution in [2.45, 2.75) is 49.5 Å². The molecular formula is C13H19NO2S. The zero-order valence-electron chi connectivity index (χ0n) is 10.2. The van der Waals surface area contributed by atoms with Gasteiger partial charge in [0.2, 0.25) is 0 Å². The molecule has 0 spiro atoms. The molecule has 1 heterocycles. The standard InChI is InChI=1S/C13H19NO2S/c1-11(13-9-5-6-10-14-13)17(15,16)12-7-3-2-4-8-12/h5-6,9-12H,2-4,7-8H2,1H3/t11-/m0/s1. The van der Waals surface area contributed by atoms with Crippen molar-refractivity contribution < 1.29 is 8.42 Å². The minimum absolute atomic E-state index is 0.159. The van der Waals surface area contributed by atoms with Crippen LogP contribution in [-0.4, -0.2) is 18.7 Å². The molecule has 3 nitrogen and oxygen atoms in total. The van der Waals surface area contributed by atoms with E-state index in [1.54, 1.807) is 19.2 Å². The monoisotopic (exact) mass is 253 g/mol. The number of nitrogens with zero attached hydrogens (tertiary/aromatic N) is 1. The topological polar surface area (TPSA) is 47.0 Å². The summed E-state index contributed by atoms with van der Waals surface area (Å²) in [6.07, 6.45) is 6.54. The molecule has 0 aromatic carbocycles. The molecular weight excluding hydrogens is 234 g/mol. The number of hydrogen-bond donors (Lipinski definition) is 0. The van der Waals surface area contributed by atoms with Crippen LogP contribution in [0.15, 0.2) is 24.4 Å². The molecule has 94 valence electrons. The lowest BCUT2D eigenvalue weighted by atomic mass is 10.0. The highest BCUT2D eigenvalue weighted by Gasteiger charge is 2.33. The lowest BCUT2D eigenvalue weighted by Crippen LogP contribution is -2.28. The van der Waals surface area contributed by atoms with Gasteiger partial charge in [-0.25, -0.2) is 8.42 Å². The normalized spacial score (nSPS) is 20.1. The molecule has 1 aliphatic rings. The van der Waals surface area contributed by atoms with E-state index in [4.69, 9.17) is 0 Å². The Bertz CT molecular complexity index is 450. The molecule has 2 rings (SSSR count). The summed E-state index contributed by atoms with van der Waals surface area (Å²) in [5.41, 5.74) is 0.665. The fourth-order valence-corrected chi connectivity index (χ4v) is 4.51. The van der Waals surface area contributed by atoms with Gasteiger partial charge in [0.05, 0.1) is 10.9 Å². The Morgan fingerprint density at radius 3 is 2.53 bits per heavy atom. The molecule has 0 bridgehead atoms. The molecule has 0 radical (unpaired) electrons. The van der Waals surface area contributed by atoms with E-state index in [-0.39, 0.29) is 5.25 Å². The van der Waals surface area contributed by atoms with Crippen LogP contribution in [0.5, 0.6) is 0 Å². The Kier molecular flexibility index (Phi) is 3.82. The molecule has 0 unspecified atom stereocenters. The molecule has 1 aromatic rings. The van der Waals surface area contributed by atoms with Gasteiger partial charge in [-0.2, -0.15) is 0 Å². The largest absolute Gasteiger partial charge is 0.260 e. The fourth-order valence-electron chi connectivity index (χ4n) is 2.47. The zero-order chi connectivity index (χ0) is 12.3.